The van der Waals surface area contributed by atoms with E-state index in [0.717, 1.165) is 6.42 Å². The average Bonchev–Trinajstić information content (AvgIpc) is 2.11. The number of amides is 1. The van der Waals surface area contributed by atoms with Crippen LogP contribution in [0.25, 0.3) is 0 Å². The van der Waals surface area contributed by atoms with Gasteiger partial charge in [-0.05, 0) is 23.2 Å². The monoisotopic (exact) mass is 261 g/mol. The number of hydrogen-bond acceptors (Lipinski definition) is 3. The molecule has 0 saturated carbocycles. The molecule has 0 saturated heterocycles. The van der Waals surface area contributed by atoms with Crippen molar-refractivity contribution in [2.45, 2.75) is 48.0 Å². The van der Waals surface area contributed by atoms with Crippen molar-refractivity contribution >= 4 is 19.0 Å². The third kappa shape index (κ3) is 6.81. The van der Waals surface area contributed by atoms with Gasteiger partial charge in [0.1, 0.15) is 0 Å². The van der Waals surface area contributed by atoms with Gasteiger partial charge < -0.3 is 9.08 Å². The molecule has 0 radical (unpaired) electrons. The maximum absolute atomic E-state index is 11.4. The zero-order chi connectivity index (χ0) is 13.9. The molecule has 1 unspecified atom stereocenters. The van der Waals surface area contributed by atoms with Crippen LogP contribution < -0.4 is 0 Å². The van der Waals surface area contributed by atoms with Crippen LogP contribution in [0.3, 0.4) is 0 Å². The normalized spacial score (nSPS) is 14.4. The standard InChI is InChI=1S/C13H27NO2S/c1-12(2,3)8-10(13(4,5)6)9-14(7)11(15)16-17/h10,17H,8-9H2,1-7H3. The first-order valence-electron chi connectivity index (χ1n) is 6.04. The van der Waals surface area contributed by atoms with Gasteiger partial charge in [-0.2, -0.15) is 0 Å². The SMILES string of the molecule is CN(CC(CC(C)(C)C)C(C)(C)C)C(=O)OS. The van der Waals surface area contributed by atoms with Crippen LogP contribution in [0.4, 0.5) is 4.79 Å². The first-order chi connectivity index (χ1) is 7.47. The number of rotatable bonds is 3. The van der Waals surface area contributed by atoms with E-state index in [4.69, 9.17) is 0 Å². The Morgan fingerprint density at radius 1 is 1.24 bits per heavy atom. The minimum Gasteiger partial charge on any atom is -0.378 e. The molecule has 1 amide bonds. The fourth-order valence-corrected chi connectivity index (χ4v) is 2.00. The van der Waals surface area contributed by atoms with Crippen LogP contribution in [-0.4, -0.2) is 24.6 Å². The summed E-state index contributed by atoms with van der Waals surface area (Å²) in [6.07, 6.45) is 0.678. The third-order valence-electron chi connectivity index (χ3n) is 2.97. The lowest BCUT2D eigenvalue weighted by molar-refractivity contribution is 0.112. The molecule has 102 valence electrons. The minimum atomic E-state index is -0.392. The summed E-state index contributed by atoms with van der Waals surface area (Å²) >= 11 is 3.54. The molecule has 0 aliphatic carbocycles. The Balaban J connectivity index is 4.68. The number of hydrogen-bond donors (Lipinski definition) is 1. The fourth-order valence-electron chi connectivity index (χ4n) is 1.86. The summed E-state index contributed by atoms with van der Waals surface area (Å²) in [5, 5.41) is 0. The highest BCUT2D eigenvalue weighted by molar-refractivity contribution is 7.75. The predicted molar refractivity (Wildman–Crippen MR) is 75.1 cm³/mol. The van der Waals surface area contributed by atoms with E-state index in [1.54, 1.807) is 11.9 Å². The highest BCUT2D eigenvalue weighted by Crippen LogP contribution is 2.36. The number of carbonyl (C=O) groups is 1. The molecular formula is C13H27NO2S. The Kier molecular flexibility index (Phi) is 5.85. The highest BCUT2D eigenvalue weighted by atomic mass is 32.1. The van der Waals surface area contributed by atoms with Gasteiger partial charge in [0.25, 0.3) is 0 Å². The van der Waals surface area contributed by atoms with Crippen molar-refractivity contribution in [3.05, 3.63) is 0 Å². The zero-order valence-electron chi connectivity index (χ0n) is 12.2. The van der Waals surface area contributed by atoms with E-state index in [0.29, 0.717) is 12.5 Å². The van der Waals surface area contributed by atoms with Crippen molar-refractivity contribution in [1.82, 2.24) is 4.90 Å². The first-order valence-corrected chi connectivity index (χ1v) is 6.40. The van der Waals surface area contributed by atoms with Gasteiger partial charge in [-0.25, -0.2) is 4.79 Å². The van der Waals surface area contributed by atoms with Gasteiger partial charge in [0.2, 0.25) is 0 Å². The van der Waals surface area contributed by atoms with E-state index < -0.39 is 6.09 Å². The van der Waals surface area contributed by atoms with E-state index >= 15 is 0 Å². The van der Waals surface area contributed by atoms with Gasteiger partial charge in [-0.15, -0.1) is 0 Å². The summed E-state index contributed by atoms with van der Waals surface area (Å²) in [5.74, 6) is 0.430. The van der Waals surface area contributed by atoms with Crippen molar-refractivity contribution in [2.75, 3.05) is 13.6 Å². The van der Waals surface area contributed by atoms with Crippen LogP contribution in [0.5, 0.6) is 0 Å². The van der Waals surface area contributed by atoms with Gasteiger partial charge in [-0.3, -0.25) is 0 Å². The maximum atomic E-state index is 11.4. The molecule has 0 fully saturated rings. The number of nitrogens with zero attached hydrogens (tertiary/aromatic N) is 1. The lowest BCUT2D eigenvalue weighted by Gasteiger charge is -2.37. The quantitative estimate of drug-likeness (QED) is 0.614. The van der Waals surface area contributed by atoms with Crippen molar-refractivity contribution in [2.24, 2.45) is 16.7 Å². The van der Waals surface area contributed by atoms with E-state index in [-0.39, 0.29) is 10.8 Å². The Morgan fingerprint density at radius 2 is 1.71 bits per heavy atom. The Labute approximate surface area is 112 Å². The van der Waals surface area contributed by atoms with Gasteiger partial charge >= 0.3 is 6.09 Å². The third-order valence-corrected chi connectivity index (χ3v) is 3.12. The smallest absolute Gasteiger partial charge is 0.378 e. The van der Waals surface area contributed by atoms with Crippen LogP contribution in [-0.2, 0) is 4.18 Å². The molecule has 0 aliphatic rings. The molecule has 3 nitrogen and oxygen atoms in total. The summed E-state index contributed by atoms with van der Waals surface area (Å²) in [6, 6.07) is 0. The zero-order valence-corrected chi connectivity index (χ0v) is 13.1. The summed E-state index contributed by atoms with van der Waals surface area (Å²) in [4.78, 5) is 13.0. The second kappa shape index (κ2) is 5.98. The van der Waals surface area contributed by atoms with Crippen LogP contribution >= 0.6 is 12.9 Å². The maximum Gasteiger partial charge on any atom is 0.421 e. The largest absolute Gasteiger partial charge is 0.421 e. The highest BCUT2D eigenvalue weighted by Gasteiger charge is 2.31. The lowest BCUT2D eigenvalue weighted by atomic mass is 9.72. The Bertz CT molecular complexity index is 253. The number of carbonyl (C=O) groups excluding carboxylic acids is 1. The van der Waals surface area contributed by atoms with Crippen LogP contribution in [0.2, 0.25) is 0 Å². The lowest BCUT2D eigenvalue weighted by Crippen LogP contribution is -2.38. The van der Waals surface area contributed by atoms with Gasteiger partial charge in [0.15, 0.2) is 0 Å². The van der Waals surface area contributed by atoms with E-state index in [2.05, 4.69) is 58.6 Å². The molecule has 4 heteroatoms. The van der Waals surface area contributed by atoms with E-state index in [1.807, 2.05) is 0 Å². The molecule has 0 aromatic carbocycles. The van der Waals surface area contributed by atoms with Gasteiger partial charge in [0.05, 0.1) is 0 Å². The van der Waals surface area contributed by atoms with Crippen molar-refractivity contribution < 1.29 is 8.98 Å². The van der Waals surface area contributed by atoms with Crippen LogP contribution in [0, 0.1) is 16.7 Å². The van der Waals surface area contributed by atoms with Crippen molar-refractivity contribution in [3.63, 3.8) is 0 Å². The molecule has 0 heterocycles. The number of thiol groups is 1. The molecule has 0 spiro atoms. The molecule has 0 rings (SSSR count). The first kappa shape index (κ1) is 16.6. The van der Waals surface area contributed by atoms with E-state index in [1.165, 1.54) is 0 Å². The summed E-state index contributed by atoms with van der Waals surface area (Å²) in [6.45, 7) is 14.0. The molecule has 0 bridgehead atoms. The second-order valence-electron chi connectivity index (χ2n) is 7.07. The molecule has 0 aliphatic heterocycles. The van der Waals surface area contributed by atoms with E-state index in [9.17, 15) is 4.79 Å². The van der Waals surface area contributed by atoms with Gasteiger partial charge in [-0.1, -0.05) is 41.5 Å². The molecular weight excluding hydrogens is 234 g/mol. The molecule has 0 aromatic rings. The minimum absolute atomic E-state index is 0.165. The second-order valence-corrected chi connectivity index (χ2v) is 7.25. The summed E-state index contributed by atoms with van der Waals surface area (Å²) < 4.78 is 4.44. The fraction of sp³-hybridized carbons (Fsp3) is 0.923. The Hall–Kier alpha value is -0.380. The van der Waals surface area contributed by atoms with Crippen LogP contribution in [0.15, 0.2) is 0 Å². The Morgan fingerprint density at radius 3 is 2.00 bits per heavy atom. The van der Waals surface area contributed by atoms with Crippen molar-refractivity contribution in [1.29, 1.82) is 0 Å². The predicted octanol–water partition coefficient (Wildman–Crippen LogP) is 4.00. The molecule has 17 heavy (non-hydrogen) atoms. The van der Waals surface area contributed by atoms with Gasteiger partial charge in [0, 0.05) is 26.5 Å². The molecule has 0 aromatic heterocycles. The molecule has 0 N–H and O–H groups in total. The topological polar surface area (TPSA) is 29.5 Å². The average molecular weight is 261 g/mol. The summed E-state index contributed by atoms with van der Waals surface area (Å²) in [7, 11) is 1.75. The van der Waals surface area contributed by atoms with Crippen molar-refractivity contribution in [3.8, 4) is 0 Å². The molecule has 1 atom stereocenters. The van der Waals surface area contributed by atoms with Crippen LogP contribution in [0.1, 0.15) is 48.0 Å². The summed E-state index contributed by atoms with van der Waals surface area (Å²) in [5.41, 5.74) is 0.419.